The number of carboxylic acid groups (broad SMARTS) is 3. The fourth-order valence-corrected chi connectivity index (χ4v) is 3.69. The van der Waals surface area contributed by atoms with Gasteiger partial charge in [-0.25, -0.2) is 14.4 Å². The van der Waals surface area contributed by atoms with Crippen LogP contribution in [-0.2, 0) is 9.59 Å². The lowest BCUT2D eigenvalue weighted by Gasteiger charge is -2.02. The lowest BCUT2D eigenvalue weighted by Crippen LogP contribution is -2.12. The van der Waals surface area contributed by atoms with Gasteiger partial charge in [-0.15, -0.1) is 61.2 Å². The summed E-state index contributed by atoms with van der Waals surface area (Å²) in [4.78, 5) is 71.5. The van der Waals surface area contributed by atoms with E-state index in [1.54, 1.807) is 50.2 Å². The van der Waals surface area contributed by atoms with Gasteiger partial charge in [-0.2, -0.15) is 0 Å². The number of benzene rings is 2. The molecule has 2 aromatic carbocycles. The molecule has 0 aliphatic heterocycles. The molecule has 5 aromatic rings. The SMILES string of the molecule is CC(=O)C=N/C(C)=C/c1nnc(/C=C(\C)N=CC(=O)O)nn1.CC(=O)c1ccc(-c2nnc(-c3ccc(C(=O)O)cc3)nn2)cc1.CC(=O)c1nnc(C(=O)O)nn1. The molecule has 3 N–H and O–H groups in total. The summed E-state index contributed by atoms with van der Waals surface area (Å²) in [7, 11) is 0. The second-order valence-electron chi connectivity index (χ2n) is 11.1. The van der Waals surface area contributed by atoms with Crippen LogP contribution < -0.4 is 0 Å². The standard InChI is InChI=1S/C17H12N4O3.C13H14N6O3.C5H4N4O3/c1-10(22)11-2-4-12(5-3-11)15-18-20-16(21-19-15)13-6-8-14(9-7-13)17(23)24;1-8(14-6-10(3)20)4-11-16-18-12(19-17-11)5-9(2)15-7-13(21)22;1-2(10)3-6-8-4(5(11)12)9-7-3/h2-9H,1H3,(H,23,24);4-7H,1-3H3,(H,21,22);1H3,(H,11,12)/b;8-4+,9-5+,14-6?,15-7?;. The Kier molecular flexibility index (Phi) is 16.2. The molecule has 294 valence electrons. The maximum atomic E-state index is 11.3. The molecule has 0 aliphatic rings. The highest BCUT2D eigenvalue weighted by Gasteiger charge is 2.11. The van der Waals surface area contributed by atoms with Crippen LogP contribution in [0.25, 0.3) is 34.9 Å². The zero-order valence-electron chi connectivity index (χ0n) is 31.0. The maximum absolute atomic E-state index is 11.3. The number of carbonyl (C=O) groups excluding carboxylic acids is 3. The molecule has 3 heterocycles. The molecule has 0 saturated heterocycles. The van der Waals surface area contributed by atoms with Gasteiger partial charge < -0.3 is 15.3 Å². The highest BCUT2D eigenvalue weighted by molar-refractivity contribution is 6.26. The van der Waals surface area contributed by atoms with Crippen LogP contribution in [0.4, 0.5) is 0 Å². The first-order valence-corrected chi connectivity index (χ1v) is 16.1. The van der Waals surface area contributed by atoms with Crippen molar-refractivity contribution >= 4 is 59.8 Å². The molecule has 0 atom stereocenters. The van der Waals surface area contributed by atoms with Crippen molar-refractivity contribution in [2.75, 3.05) is 0 Å². The van der Waals surface area contributed by atoms with Crippen LogP contribution in [-0.4, -0.2) is 124 Å². The zero-order valence-corrected chi connectivity index (χ0v) is 31.0. The molecule has 3 aromatic heterocycles. The number of aliphatic imine (C=N–C) groups is 2. The van der Waals surface area contributed by atoms with Crippen LogP contribution >= 0.6 is 0 Å². The van der Waals surface area contributed by atoms with E-state index in [2.05, 4.69) is 71.2 Å². The first-order chi connectivity index (χ1) is 27.5. The van der Waals surface area contributed by atoms with E-state index in [-0.39, 0.29) is 34.6 Å². The van der Waals surface area contributed by atoms with Crippen molar-refractivity contribution in [3.63, 3.8) is 0 Å². The van der Waals surface area contributed by atoms with Crippen LogP contribution in [0.15, 0.2) is 69.9 Å². The second kappa shape index (κ2) is 21.4. The van der Waals surface area contributed by atoms with Gasteiger partial charge >= 0.3 is 17.9 Å². The monoisotopic (exact) mass is 790 g/mol. The summed E-state index contributed by atoms with van der Waals surface area (Å²) in [6.45, 7) is 7.41. The number of nitrogens with zero attached hydrogens (tertiary/aromatic N) is 14. The Bertz CT molecular complexity index is 2230. The predicted molar refractivity (Wildman–Crippen MR) is 200 cm³/mol. The number of ketones is 3. The number of carboxylic acids is 3. The molecular weight excluding hydrogens is 760 g/mol. The molecule has 0 radical (unpaired) electrons. The summed E-state index contributed by atoms with van der Waals surface area (Å²) in [5, 5.41) is 69.8. The number of aromatic nitrogens is 12. The van der Waals surface area contributed by atoms with Gasteiger partial charge in [0, 0.05) is 54.1 Å². The van der Waals surface area contributed by atoms with Crippen molar-refractivity contribution in [1.82, 2.24) is 61.2 Å². The summed E-state index contributed by atoms with van der Waals surface area (Å²) in [5.41, 5.74) is 3.05. The van der Waals surface area contributed by atoms with Crippen molar-refractivity contribution < 1.29 is 44.1 Å². The lowest BCUT2D eigenvalue weighted by molar-refractivity contribution is -0.128. The number of Topliss-reactive ketones (excluding diaryl/α,β-unsaturated/α-hetero) is 3. The summed E-state index contributed by atoms with van der Waals surface area (Å²) in [6.07, 6.45) is 4.91. The number of hydrogen-bond donors (Lipinski definition) is 3. The number of carbonyl (C=O) groups is 6. The number of aromatic carboxylic acids is 2. The molecule has 5 rings (SSSR count). The van der Waals surface area contributed by atoms with E-state index in [9.17, 15) is 28.8 Å². The minimum Gasteiger partial charge on any atom is -0.478 e. The van der Waals surface area contributed by atoms with Gasteiger partial charge in [0.25, 0.3) is 5.82 Å². The van der Waals surface area contributed by atoms with Crippen molar-refractivity contribution in [2.24, 2.45) is 9.98 Å². The van der Waals surface area contributed by atoms with Crippen molar-refractivity contribution in [3.05, 3.63) is 94.3 Å². The minimum atomic E-state index is -1.33. The average Bonchev–Trinajstić information content (AvgIpc) is 3.20. The third-order valence-corrected chi connectivity index (χ3v) is 6.42. The number of aliphatic carboxylic acids is 1. The predicted octanol–water partition coefficient (Wildman–Crippen LogP) is 2.47. The fourth-order valence-electron chi connectivity index (χ4n) is 3.69. The number of allylic oxidation sites excluding steroid dienone is 2. The van der Waals surface area contributed by atoms with E-state index in [0.717, 1.165) is 6.21 Å². The van der Waals surface area contributed by atoms with Gasteiger partial charge in [-0.3, -0.25) is 24.4 Å². The van der Waals surface area contributed by atoms with Crippen LogP contribution in [0.2, 0.25) is 0 Å². The Hall–Kier alpha value is -8.50. The molecule has 23 heteroatoms. The number of rotatable bonds is 12. The summed E-state index contributed by atoms with van der Waals surface area (Å²) in [5.74, 6) is -3.70. The molecule has 0 spiro atoms. The maximum Gasteiger partial charge on any atom is 0.377 e. The average molecular weight is 791 g/mol. The first-order valence-electron chi connectivity index (χ1n) is 16.1. The summed E-state index contributed by atoms with van der Waals surface area (Å²) < 4.78 is 0. The summed E-state index contributed by atoms with van der Waals surface area (Å²) >= 11 is 0. The third kappa shape index (κ3) is 14.7. The van der Waals surface area contributed by atoms with E-state index in [0.29, 0.717) is 39.7 Å². The zero-order chi connectivity index (χ0) is 42.8. The lowest BCUT2D eigenvalue weighted by atomic mass is 10.1. The largest absolute Gasteiger partial charge is 0.478 e. The molecule has 0 amide bonds. The Labute approximate surface area is 326 Å². The van der Waals surface area contributed by atoms with Crippen molar-refractivity contribution in [3.8, 4) is 22.8 Å². The van der Waals surface area contributed by atoms with E-state index in [1.807, 2.05) is 0 Å². The van der Waals surface area contributed by atoms with E-state index < -0.39 is 29.5 Å². The Morgan fingerprint density at radius 2 is 0.862 bits per heavy atom. The molecule has 58 heavy (non-hydrogen) atoms. The molecular formula is C35H30N14O9. The highest BCUT2D eigenvalue weighted by atomic mass is 16.4. The van der Waals surface area contributed by atoms with Crippen LogP contribution in [0, 0.1) is 0 Å². The van der Waals surface area contributed by atoms with E-state index >= 15 is 0 Å². The molecule has 0 fully saturated rings. The van der Waals surface area contributed by atoms with Gasteiger partial charge in [0.2, 0.25) is 23.3 Å². The van der Waals surface area contributed by atoms with Crippen molar-refractivity contribution in [2.45, 2.75) is 34.6 Å². The van der Waals surface area contributed by atoms with E-state index in [4.69, 9.17) is 15.3 Å². The van der Waals surface area contributed by atoms with Crippen LogP contribution in [0.1, 0.15) is 88.2 Å². The normalized spacial score (nSPS) is 11.2. The topological polar surface area (TPSA) is 343 Å². The smallest absolute Gasteiger partial charge is 0.377 e. The highest BCUT2D eigenvalue weighted by Crippen LogP contribution is 2.18. The number of hydrogen-bond acceptors (Lipinski definition) is 20. The van der Waals surface area contributed by atoms with Gasteiger partial charge in [0.1, 0.15) is 6.21 Å². The fraction of sp³-hybridized carbons (Fsp3) is 0.143. The Morgan fingerprint density at radius 3 is 1.21 bits per heavy atom. The molecule has 0 unspecified atom stereocenters. The molecule has 0 aliphatic carbocycles. The van der Waals surface area contributed by atoms with Crippen LogP contribution in [0.5, 0.6) is 0 Å². The molecule has 0 saturated carbocycles. The Balaban J connectivity index is 0.000000246. The molecule has 0 bridgehead atoms. The second-order valence-corrected chi connectivity index (χ2v) is 11.1. The van der Waals surface area contributed by atoms with Gasteiger partial charge in [0.15, 0.2) is 23.2 Å². The Morgan fingerprint density at radius 1 is 0.466 bits per heavy atom. The minimum absolute atomic E-state index is 0.0149. The quantitative estimate of drug-likeness (QED) is 0.121. The van der Waals surface area contributed by atoms with Gasteiger partial charge in [-0.05, 0) is 32.9 Å². The third-order valence-electron chi connectivity index (χ3n) is 6.42. The van der Waals surface area contributed by atoms with Gasteiger partial charge in [0.05, 0.1) is 11.8 Å². The van der Waals surface area contributed by atoms with E-state index in [1.165, 1.54) is 51.3 Å². The first kappa shape index (κ1) is 43.9. The van der Waals surface area contributed by atoms with Crippen LogP contribution in [0.3, 0.4) is 0 Å². The van der Waals surface area contributed by atoms with Crippen molar-refractivity contribution in [1.29, 1.82) is 0 Å². The molecule has 23 nitrogen and oxygen atoms in total. The van der Waals surface area contributed by atoms with Gasteiger partial charge in [-0.1, -0.05) is 36.4 Å². The summed E-state index contributed by atoms with van der Waals surface area (Å²) in [6, 6.07) is 13.0.